The summed E-state index contributed by atoms with van der Waals surface area (Å²) in [6.07, 6.45) is 3.18. The molecule has 5 heterocycles. The predicted molar refractivity (Wildman–Crippen MR) is 154 cm³/mol. The fourth-order valence-corrected chi connectivity index (χ4v) is 6.31. The second kappa shape index (κ2) is 11.0. The topological polar surface area (TPSA) is 149 Å². The van der Waals surface area contributed by atoms with Crippen LogP contribution >= 0.6 is 23.1 Å². The molecule has 6 rings (SSSR count). The van der Waals surface area contributed by atoms with Gasteiger partial charge in [-0.15, -0.1) is 33.3 Å². The maximum atomic E-state index is 12.3. The second-order valence-corrected chi connectivity index (χ2v) is 10.8. The van der Waals surface area contributed by atoms with E-state index in [0.717, 1.165) is 27.5 Å². The van der Waals surface area contributed by atoms with Crippen LogP contribution in [0.4, 0.5) is 10.6 Å². The van der Waals surface area contributed by atoms with Crippen molar-refractivity contribution in [2.45, 2.75) is 19.9 Å². The molecule has 0 radical (unpaired) electrons. The number of hydrogen-bond acceptors (Lipinski definition) is 11. The molecule has 2 amide bonds. The number of carbonyl (C=O) groups excluding carboxylic acids is 1. The van der Waals surface area contributed by atoms with Gasteiger partial charge in [0, 0.05) is 43.6 Å². The summed E-state index contributed by atoms with van der Waals surface area (Å²) in [7, 11) is 1.80. The zero-order chi connectivity index (χ0) is 27.6. The highest BCUT2D eigenvalue weighted by Gasteiger charge is 2.28. The molecular formula is C26H24N10O2S2. The van der Waals surface area contributed by atoms with Crippen molar-refractivity contribution in [2.24, 2.45) is 12.0 Å². The van der Waals surface area contributed by atoms with Crippen LogP contribution in [-0.4, -0.2) is 58.3 Å². The number of nitrogens with zero attached hydrogens (tertiary/aromatic N) is 8. The van der Waals surface area contributed by atoms with Crippen LogP contribution in [0.2, 0.25) is 0 Å². The quantitative estimate of drug-likeness (QED) is 0.282. The number of aliphatic imine (C=N–C) groups is 1. The Morgan fingerprint density at radius 3 is 2.75 bits per heavy atom. The summed E-state index contributed by atoms with van der Waals surface area (Å²) in [5.41, 5.74) is 3.30. The maximum absolute atomic E-state index is 12.3. The summed E-state index contributed by atoms with van der Waals surface area (Å²) < 4.78 is 7.41. The van der Waals surface area contributed by atoms with E-state index in [2.05, 4.69) is 48.0 Å². The van der Waals surface area contributed by atoms with Gasteiger partial charge in [0.1, 0.15) is 27.7 Å². The molecule has 0 bridgehead atoms. The number of carbonyl (C=O) groups is 1. The van der Waals surface area contributed by atoms with Crippen molar-refractivity contribution in [1.29, 1.82) is 0 Å². The van der Waals surface area contributed by atoms with E-state index in [0.29, 0.717) is 45.5 Å². The molecular weight excluding hydrogens is 548 g/mol. The minimum atomic E-state index is -0.329. The highest BCUT2D eigenvalue weighted by molar-refractivity contribution is 8.14. The first-order valence-electron chi connectivity index (χ1n) is 12.5. The third-order valence-electron chi connectivity index (χ3n) is 6.05. The van der Waals surface area contributed by atoms with Gasteiger partial charge < -0.3 is 9.73 Å². The van der Waals surface area contributed by atoms with Gasteiger partial charge in [0.05, 0.1) is 11.1 Å². The third-order valence-corrected chi connectivity index (χ3v) is 8.21. The summed E-state index contributed by atoms with van der Waals surface area (Å²) in [5.74, 6) is 2.57. The lowest BCUT2D eigenvalue weighted by atomic mass is 10.1. The molecule has 1 atom stereocenters. The Bertz CT molecular complexity index is 1710. The molecule has 1 aromatic carbocycles. The highest BCUT2D eigenvalue weighted by Crippen LogP contribution is 2.42. The van der Waals surface area contributed by atoms with Gasteiger partial charge in [-0.05, 0) is 18.6 Å². The van der Waals surface area contributed by atoms with E-state index in [1.807, 2.05) is 31.2 Å². The lowest BCUT2D eigenvalue weighted by Crippen LogP contribution is -2.28. The molecule has 12 nitrogen and oxygen atoms in total. The lowest BCUT2D eigenvalue weighted by Gasteiger charge is -2.10. The summed E-state index contributed by atoms with van der Waals surface area (Å²) in [6, 6.07) is 11.7. The number of aromatic nitrogens is 7. The summed E-state index contributed by atoms with van der Waals surface area (Å²) >= 11 is 3.05. The van der Waals surface area contributed by atoms with Crippen molar-refractivity contribution in [2.75, 3.05) is 17.6 Å². The van der Waals surface area contributed by atoms with E-state index >= 15 is 0 Å². The number of thioether (sulfide) groups is 1. The fourth-order valence-electron chi connectivity index (χ4n) is 4.19. The zero-order valence-electron chi connectivity index (χ0n) is 21.8. The molecule has 14 heteroatoms. The molecule has 0 spiro atoms. The molecule has 0 saturated carbocycles. The number of hydrogen-bond donors (Lipinski definition) is 2. The summed E-state index contributed by atoms with van der Waals surface area (Å²) in [5, 5.41) is 19.5. The standard InChI is InChI=1S/C26H24N10O2S2/c1-4-27-26(37)32-19-10-16(24-31-18(12-39-24)15-8-6-5-7-9-15)17(11-28-19)25-33-20(22-29-13-30-36(22)3)21(40-25)23-35-34-14(2)38-23/h5-11,13,18H,4,12H2,1-3H3,(H2,27,28,32,37). The first-order valence-corrected chi connectivity index (χ1v) is 14.3. The molecule has 202 valence electrons. The number of benzene rings is 1. The van der Waals surface area contributed by atoms with Crippen LogP contribution in [0.5, 0.6) is 0 Å². The SMILES string of the molecule is CCNC(=O)Nc1cc(C2=NC(c3ccccc3)CS2)c(-c2nc(-c3ncnn3C)c(-c3nnc(C)o3)s2)cn1. The Balaban J connectivity index is 1.48. The van der Waals surface area contributed by atoms with Crippen LogP contribution in [0.25, 0.3) is 32.9 Å². The van der Waals surface area contributed by atoms with E-state index in [4.69, 9.17) is 14.4 Å². The van der Waals surface area contributed by atoms with Crippen LogP contribution < -0.4 is 10.6 Å². The minimum Gasteiger partial charge on any atom is -0.420 e. The van der Waals surface area contributed by atoms with Crippen molar-refractivity contribution in [3.8, 4) is 32.9 Å². The minimum absolute atomic E-state index is 0.0180. The number of rotatable bonds is 7. The van der Waals surface area contributed by atoms with Crippen LogP contribution in [-0.2, 0) is 7.05 Å². The Labute approximate surface area is 237 Å². The van der Waals surface area contributed by atoms with Crippen molar-refractivity contribution >= 4 is 40.0 Å². The number of aryl methyl sites for hydroxylation is 2. The maximum Gasteiger partial charge on any atom is 0.320 e. The zero-order valence-corrected chi connectivity index (χ0v) is 23.5. The van der Waals surface area contributed by atoms with Crippen LogP contribution in [0.3, 0.4) is 0 Å². The first kappa shape index (κ1) is 25.8. The number of thiazole rings is 1. The number of amides is 2. The Hall–Kier alpha value is -4.43. The highest BCUT2D eigenvalue weighted by atomic mass is 32.2. The Morgan fingerprint density at radius 1 is 1.18 bits per heavy atom. The van der Waals surface area contributed by atoms with Crippen LogP contribution in [0.1, 0.15) is 30.0 Å². The van der Waals surface area contributed by atoms with Crippen molar-refractivity contribution < 1.29 is 9.21 Å². The lowest BCUT2D eigenvalue weighted by molar-refractivity contribution is 0.252. The Morgan fingerprint density at radius 2 is 2.02 bits per heavy atom. The third kappa shape index (κ3) is 5.10. The summed E-state index contributed by atoms with van der Waals surface area (Å²) in [6.45, 7) is 4.09. The van der Waals surface area contributed by atoms with Gasteiger partial charge in [0.15, 0.2) is 5.82 Å². The first-order chi connectivity index (χ1) is 19.5. The number of pyridine rings is 1. The van der Waals surface area contributed by atoms with E-state index in [9.17, 15) is 4.79 Å². The van der Waals surface area contributed by atoms with Gasteiger partial charge in [-0.1, -0.05) is 30.3 Å². The van der Waals surface area contributed by atoms with Gasteiger partial charge in [0.25, 0.3) is 5.89 Å². The largest absolute Gasteiger partial charge is 0.420 e. The second-order valence-electron chi connectivity index (χ2n) is 8.80. The smallest absolute Gasteiger partial charge is 0.320 e. The molecule has 0 saturated heterocycles. The molecule has 0 fully saturated rings. The molecule has 4 aromatic heterocycles. The Kier molecular flexibility index (Phi) is 7.09. The van der Waals surface area contributed by atoms with Crippen LogP contribution in [0.15, 0.2) is 58.3 Å². The summed E-state index contributed by atoms with van der Waals surface area (Å²) in [4.78, 5) is 31.9. The van der Waals surface area contributed by atoms with Crippen LogP contribution in [0, 0.1) is 6.92 Å². The average Bonchev–Trinajstić information content (AvgIpc) is 3.76. The van der Waals surface area contributed by atoms with Gasteiger partial charge in [-0.2, -0.15) is 5.10 Å². The van der Waals surface area contributed by atoms with E-state index in [1.165, 1.54) is 17.7 Å². The fraction of sp³-hybridized carbons (Fsp3) is 0.231. The molecule has 1 aliphatic rings. The number of nitrogens with one attached hydrogen (secondary N) is 2. The average molecular weight is 573 g/mol. The molecule has 1 unspecified atom stereocenters. The van der Waals surface area contributed by atoms with Gasteiger partial charge in [0.2, 0.25) is 5.89 Å². The van der Waals surface area contributed by atoms with Crippen molar-refractivity contribution in [3.63, 3.8) is 0 Å². The van der Waals surface area contributed by atoms with Crippen molar-refractivity contribution in [3.05, 3.63) is 65.9 Å². The van der Waals surface area contributed by atoms with Gasteiger partial charge in [-0.25, -0.2) is 24.4 Å². The molecule has 2 N–H and O–H groups in total. The van der Waals surface area contributed by atoms with E-state index < -0.39 is 0 Å². The predicted octanol–water partition coefficient (Wildman–Crippen LogP) is 4.74. The number of urea groups is 1. The van der Waals surface area contributed by atoms with Gasteiger partial charge >= 0.3 is 6.03 Å². The molecule has 40 heavy (non-hydrogen) atoms. The van der Waals surface area contributed by atoms with Crippen molar-refractivity contribution in [1.82, 2.24) is 40.2 Å². The monoisotopic (exact) mass is 572 g/mol. The number of anilines is 1. The molecule has 0 aliphatic carbocycles. The van der Waals surface area contributed by atoms with Gasteiger partial charge in [-0.3, -0.25) is 10.3 Å². The van der Waals surface area contributed by atoms with E-state index in [-0.39, 0.29) is 12.1 Å². The van der Waals surface area contributed by atoms with E-state index in [1.54, 1.807) is 36.6 Å². The normalized spacial score (nSPS) is 14.8. The molecule has 1 aliphatic heterocycles. The molecule has 5 aromatic rings.